The molecular formula is C20H23N5O3. The molecule has 1 fully saturated rings. The molecule has 1 amide bonds. The average Bonchev–Trinajstić information content (AvgIpc) is 2.97. The summed E-state index contributed by atoms with van der Waals surface area (Å²) in [4.78, 5) is 16.5. The number of aromatic nitrogens is 3. The second kappa shape index (κ2) is 7.47. The van der Waals surface area contributed by atoms with E-state index in [1.807, 2.05) is 25.2 Å². The van der Waals surface area contributed by atoms with Crippen LogP contribution >= 0.6 is 0 Å². The highest BCUT2D eigenvalue weighted by molar-refractivity contribution is 6.06. The zero-order valence-corrected chi connectivity index (χ0v) is 15.9. The van der Waals surface area contributed by atoms with Crippen LogP contribution in [0.15, 0.2) is 36.5 Å². The van der Waals surface area contributed by atoms with Crippen LogP contribution in [0.25, 0.3) is 10.9 Å². The van der Waals surface area contributed by atoms with Gasteiger partial charge < -0.3 is 20.5 Å². The van der Waals surface area contributed by atoms with Gasteiger partial charge in [-0.1, -0.05) is 0 Å². The predicted molar refractivity (Wildman–Crippen MR) is 106 cm³/mol. The molecule has 0 radical (unpaired) electrons. The van der Waals surface area contributed by atoms with Crippen LogP contribution in [-0.4, -0.2) is 39.5 Å². The number of nitrogens with two attached hydrogens (primary N) is 1. The van der Waals surface area contributed by atoms with E-state index in [2.05, 4.69) is 22.3 Å². The van der Waals surface area contributed by atoms with Crippen LogP contribution in [0.3, 0.4) is 0 Å². The summed E-state index contributed by atoms with van der Waals surface area (Å²) in [6.45, 7) is 2.75. The normalized spacial score (nSPS) is 19.5. The molecule has 1 aliphatic heterocycles. The fourth-order valence-corrected chi connectivity index (χ4v) is 3.41. The van der Waals surface area contributed by atoms with Crippen LogP contribution in [0.5, 0.6) is 5.88 Å². The number of hydrogen-bond donors (Lipinski definition) is 2. The van der Waals surface area contributed by atoms with Gasteiger partial charge in [0.2, 0.25) is 5.88 Å². The van der Waals surface area contributed by atoms with E-state index in [0.717, 1.165) is 23.7 Å². The summed E-state index contributed by atoms with van der Waals surface area (Å²) < 4.78 is 13.5. The van der Waals surface area contributed by atoms with Crippen molar-refractivity contribution in [3.8, 4) is 5.88 Å². The van der Waals surface area contributed by atoms with Crippen LogP contribution in [0, 0.1) is 0 Å². The Morgan fingerprint density at radius 3 is 3.04 bits per heavy atom. The van der Waals surface area contributed by atoms with E-state index in [1.165, 1.54) is 6.20 Å². The minimum atomic E-state index is -0.354. The zero-order valence-electron chi connectivity index (χ0n) is 15.9. The predicted octanol–water partition coefficient (Wildman–Crippen LogP) is 2.75. The van der Waals surface area contributed by atoms with Crippen molar-refractivity contribution < 1.29 is 14.3 Å². The third-order valence-electron chi connectivity index (χ3n) is 4.84. The van der Waals surface area contributed by atoms with Gasteiger partial charge in [0.25, 0.3) is 5.91 Å². The lowest BCUT2D eigenvalue weighted by atomic mass is 10.1. The maximum atomic E-state index is 12.4. The number of amides is 1. The first kappa shape index (κ1) is 18.2. The van der Waals surface area contributed by atoms with Gasteiger partial charge in [-0.25, -0.2) is 4.98 Å². The van der Waals surface area contributed by atoms with Crippen LogP contribution < -0.4 is 15.8 Å². The Labute approximate surface area is 162 Å². The molecule has 8 nitrogen and oxygen atoms in total. The summed E-state index contributed by atoms with van der Waals surface area (Å²) in [6.07, 6.45) is 3.51. The summed E-state index contributed by atoms with van der Waals surface area (Å²) in [7, 11) is 1.85. The molecule has 3 N–H and O–H groups in total. The summed E-state index contributed by atoms with van der Waals surface area (Å²) in [6, 6.07) is 8.92. The van der Waals surface area contributed by atoms with Crippen molar-refractivity contribution in [2.75, 3.05) is 17.7 Å². The molecule has 2 unspecified atom stereocenters. The molecule has 146 valence electrons. The molecule has 1 aliphatic rings. The van der Waals surface area contributed by atoms with Gasteiger partial charge in [-0.3, -0.25) is 9.48 Å². The highest BCUT2D eigenvalue weighted by Crippen LogP contribution is 2.30. The summed E-state index contributed by atoms with van der Waals surface area (Å²) in [5, 5.41) is 8.24. The average molecular weight is 381 g/mol. The van der Waals surface area contributed by atoms with E-state index in [1.54, 1.807) is 16.8 Å². The second-order valence-electron chi connectivity index (χ2n) is 7.00. The van der Waals surface area contributed by atoms with Crippen molar-refractivity contribution in [1.29, 1.82) is 0 Å². The number of carbonyl (C=O) groups is 1. The van der Waals surface area contributed by atoms with Gasteiger partial charge in [0.15, 0.2) is 5.69 Å². The largest absolute Gasteiger partial charge is 0.473 e. The number of rotatable bonds is 4. The number of nitrogen functional groups attached to an aromatic ring is 1. The lowest BCUT2D eigenvalue weighted by Crippen LogP contribution is -2.31. The fraction of sp³-hybridized carbons (Fsp3) is 0.350. The summed E-state index contributed by atoms with van der Waals surface area (Å²) >= 11 is 0. The van der Waals surface area contributed by atoms with E-state index < -0.39 is 0 Å². The smallest absolute Gasteiger partial charge is 0.276 e. The van der Waals surface area contributed by atoms with Crippen LogP contribution in [0.4, 0.5) is 11.4 Å². The van der Waals surface area contributed by atoms with E-state index in [9.17, 15) is 4.79 Å². The van der Waals surface area contributed by atoms with Crippen molar-refractivity contribution >= 4 is 28.2 Å². The fourth-order valence-electron chi connectivity index (χ4n) is 3.41. The first-order valence-electron chi connectivity index (χ1n) is 9.28. The Kier molecular flexibility index (Phi) is 4.87. The van der Waals surface area contributed by atoms with Gasteiger partial charge in [-0.15, -0.1) is 5.10 Å². The Hall–Kier alpha value is -3.13. The molecule has 8 heteroatoms. The highest BCUT2D eigenvalue weighted by Gasteiger charge is 2.23. The van der Waals surface area contributed by atoms with Gasteiger partial charge in [-0.2, -0.15) is 0 Å². The standard InChI is InChI=1S/C20H23N5O3/c1-12-10-14(7-9-27-12)28-20-15-6-5-13(11-17(15)25(2)24-20)23-19(26)18-16(21)4-3-8-22-18/h3-6,8,11-12,14H,7,9-10,21H2,1-2H3,(H,23,26). The molecular weight excluding hydrogens is 358 g/mol. The number of fused-ring (bicyclic) bond motifs is 1. The quantitative estimate of drug-likeness (QED) is 0.720. The number of hydrogen-bond acceptors (Lipinski definition) is 6. The second-order valence-corrected chi connectivity index (χ2v) is 7.00. The lowest BCUT2D eigenvalue weighted by Gasteiger charge is -2.27. The minimum Gasteiger partial charge on any atom is -0.473 e. The molecule has 0 aliphatic carbocycles. The Morgan fingerprint density at radius 2 is 2.25 bits per heavy atom. The Bertz CT molecular complexity index is 1020. The SMILES string of the molecule is CC1CC(Oc2nn(C)c3cc(NC(=O)c4ncccc4N)ccc23)CCO1. The minimum absolute atomic E-state index is 0.0911. The topological polar surface area (TPSA) is 104 Å². The van der Waals surface area contributed by atoms with Gasteiger partial charge in [0.1, 0.15) is 6.10 Å². The molecule has 2 atom stereocenters. The molecule has 0 bridgehead atoms. The summed E-state index contributed by atoms with van der Waals surface area (Å²) in [5.41, 5.74) is 7.86. The molecule has 1 aromatic carbocycles. The summed E-state index contributed by atoms with van der Waals surface area (Å²) in [5.74, 6) is 0.246. The molecule has 0 saturated carbocycles. The number of benzene rings is 1. The molecule has 3 heterocycles. The van der Waals surface area contributed by atoms with Crippen molar-refractivity contribution in [3.63, 3.8) is 0 Å². The number of carbonyl (C=O) groups excluding carboxylic acids is 1. The van der Waals surface area contributed by atoms with Gasteiger partial charge in [0, 0.05) is 31.8 Å². The molecule has 3 aromatic rings. The zero-order chi connectivity index (χ0) is 19.7. The van der Waals surface area contributed by atoms with E-state index in [-0.39, 0.29) is 23.8 Å². The van der Waals surface area contributed by atoms with Crippen LogP contribution in [-0.2, 0) is 11.8 Å². The lowest BCUT2D eigenvalue weighted by molar-refractivity contribution is -0.0261. The highest BCUT2D eigenvalue weighted by atomic mass is 16.5. The number of ether oxygens (including phenoxy) is 2. The maximum absolute atomic E-state index is 12.4. The number of nitrogens with one attached hydrogen (secondary N) is 1. The molecule has 4 rings (SSSR count). The van der Waals surface area contributed by atoms with Crippen LogP contribution in [0.2, 0.25) is 0 Å². The van der Waals surface area contributed by atoms with Gasteiger partial charge >= 0.3 is 0 Å². The first-order chi connectivity index (χ1) is 13.5. The van der Waals surface area contributed by atoms with E-state index in [4.69, 9.17) is 15.2 Å². The van der Waals surface area contributed by atoms with Crippen LogP contribution in [0.1, 0.15) is 30.3 Å². The molecule has 0 spiro atoms. The number of anilines is 2. The monoisotopic (exact) mass is 381 g/mol. The maximum Gasteiger partial charge on any atom is 0.276 e. The van der Waals surface area contributed by atoms with Crippen molar-refractivity contribution in [2.24, 2.45) is 7.05 Å². The Balaban J connectivity index is 1.55. The number of pyridine rings is 1. The van der Waals surface area contributed by atoms with Crippen molar-refractivity contribution in [2.45, 2.75) is 32.0 Å². The van der Waals surface area contributed by atoms with E-state index >= 15 is 0 Å². The molecule has 28 heavy (non-hydrogen) atoms. The Morgan fingerprint density at radius 1 is 1.39 bits per heavy atom. The van der Waals surface area contributed by atoms with Gasteiger partial charge in [0.05, 0.1) is 29.3 Å². The molecule has 2 aromatic heterocycles. The van der Waals surface area contributed by atoms with Gasteiger partial charge in [-0.05, 0) is 37.3 Å². The number of nitrogens with zero attached hydrogens (tertiary/aromatic N) is 3. The van der Waals surface area contributed by atoms with Crippen molar-refractivity contribution in [3.05, 3.63) is 42.2 Å². The number of aryl methyl sites for hydroxylation is 1. The first-order valence-corrected chi connectivity index (χ1v) is 9.28. The third-order valence-corrected chi connectivity index (χ3v) is 4.84. The molecule has 1 saturated heterocycles. The van der Waals surface area contributed by atoms with E-state index in [0.29, 0.717) is 23.9 Å². The third kappa shape index (κ3) is 3.63. The van der Waals surface area contributed by atoms with Crippen molar-refractivity contribution in [1.82, 2.24) is 14.8 Å².